The lowest BCUT2D eigenvalue weighted by atomic mass is 10.00. The molecular weight excluding hydrogens is 216 g/mol. The summed E-state index contributed by atoms with van der Waals surface area (Å²) in [6.07, 6.45) is 1.10. The van der Waals surface area contributed by atoms with E-state index >= 15 is 0 Å². The van der Waals surface area contributed by atoms with Crippen molar-refractivity contribution < 1.29 is 9.53 Å². The summed E-state index contributed by atoms with van der Waals surface area (Å²) in [5.41, 5.74) is 0. The molecule has 0 aromatic rings. The van der Waals surface area contributed by atoms with Crippen LogP contribution in [0.2, 0.25) is 0 Å². The first-order valence-corrected chi connectivity index (χ1v) is 6.72. The van der Waals surface area contributed by atoms with E-state index in [9.17, 15) is 4.79 Å². The number of nitrogens with one attached hydrogen (secondary N) is 1. The van der Waals surface area contributed by atoms with Crippen molar-refractivity contribution in [2.24, 2.45) is 5.92 Å². The van der Waals surface area contributed by atoms with Gasteiger partial charge in [0.25, 0.3) is 0 Å². The van der Waals surface area contributed by atoms with Crippen LogP contribution in [0.3, 0.4) is 0 Å². The average molecular weight is 242 g/mol. The maximum absolute atomic E-state index is 12.1. The minimum atomic E-state index is -0.106. The molecule has 1 N–H and O–H groups in total. The van der Waals surface area contributed by atoms with Crippen LogP contribution < -0.4 is 5.32 Å². The van der Waals surface area contributed by atoms with Crippen LogP contribution in [0.15, 0.2) is 0 Å². The normalized spacial score (nSPS) is 23.4. The third-order valence-electron chi connectivity index (χ3n) is 3.63. The van der Waals surface area contributed by atoms with Crippen molar-refractivity contribution in [2.45, 2.75) is 46.2 Å². The topological polar surface area (TPSA) is 41.6 Å². The molecule has 1 aliphatic rings. The molecule has 0 aromatic carbocycles. The number of likely N-dealkylation sites (N-methyl/N-ethyl adjacent to an activating group) is 1. The molecule has 1 saturated heterocycles. The van der Waals surface area contributed by atoms with E-state index in [2.05, 4.69) is 12.2 Å². The Labute approximate surface area is 105 Å². The molecule has 1 heterocycles. The summed E-state index contributed by atoms with van der Waals surface area (Å²) >= 11 is 0. The van der Waals surface area contributed by atoms with Crippen LogP contribution in [0.4, 0.5) is 0 Å². The Balaban J connectivity index is 2.41. The van der Waals surface area contributed by atoms with E-state index in [-0.39, 0.29) is 11.9 Å². The van der Waals surface area contributed by atoms with Crippen LogP contribution in [0.25, 0.3) is 0 Å². The number of rotatable bonds is 6. The quantitative estimate of drug-likeness (QED) is 0.762. The molecule has 1 amide bonds. The first-order chi connectivity index (χ1) is 8.10. The number of nitrogens with zero attached hydrogens (tertiary/aromatic N) is 1. The second-order valence-corrected chi connectivity index (χ2v) is 4.81. The summed E-state index contributed by atoms with van der Waals surface area (Å²) in [5.74, 6) is 0.739. The van der Waals surface area contributed by atoms with E-state index in [1.807, 2.05) is 25.7 Å². The van der Waals surface area contributed by atoms with E-state index in [1.165, 1.54) is 0 Å². The molecule has 0 bridgehead atoms. The Morgan fingerprint density at radius 3 is 2.53 bits per heavy atom. The highest BCUT2D eigenvalue weighted by molar-refractivity contribution is 5.81. The largest absolute Gasteiger partial charge is 0.381 e. The second-order valence-electron chi connectivity index (χ2n) is 4.81. The fourth-order valence-electron chi connectivity index (χ4n) is 2.36. The third kappa shape index (κ3) is 3.96. The molecule has 100 valence electrons. The molecule has 0 radical (unpaired) electrons. The Bertz CT molecular complexity index is 236. The zero-order valence-electron chi connectivity index (χ0n) is 11.5. The fraction of sp³-hybridized carbons (Fsp3) is 0.923. The highest BCUT2D eigenvalue weighted by atomic mass is 16.5. The van der Waals surface area contributed by atoms with Gasteiger partial charge in [-0.15, -0.1) is 0 Å². The molecule has 3 unspecified atom stereocenters. The molecule has 1 rings (SSSR count). The lowest BCUT2D eigenvalue weighted by Gasteiger charge is -2.27. The molecule has 0 spiro atoms. The van der Waals surface area contributed by atoms with Gasteiger partial charge in [-0.25, -0.2) is 0 Å². The van der Waals surface area contributed by atoms with Crippen molar-refractivity contribution in [3.63, 3.8) is 0 Å². The Morgan fingerprint density at radius 1 is 1.41 bits per heavy atom. The van der Waals surface area contributed by atoms with Crippen LogP contribution in [-0.4, -0.2) is 49.2 Å². The Morgan fingerprint density at radius 2 is 2.06 bits per heavy atom. The van der Waals surface area contributed by atoms with Crippen molar-refractivity contribution in [2.75, 3.05) is 26.3 Å². The molecule has 1 aliphatic heterocycles. The Kier molecular flexibility index (Phi) is 5.92. The SMILES string of the molecule is CCN(CC)C(=O)C(C)NC(C)C1CCOC1. The van der Waals surface area contributed by atoms with Crippen LogP contribution in [0.1, 0.15) is 34.1 Å². The lowest BCUT2D eigenvalue weighted by Crippen LogP contribution is -2.49. The van der Waals surface area contributed by atoms with Crippen LogP contribution >= 0.6 is 0 Å². The highest BCUT2D eigenvalue weighted by Gasteiger charge is 2.26. The van der Waals surface area contributed by atoms with Crippen LogP contribution in [-0.2, 0) is 9.53 Å². The minimum Gasteiger partial charge on any atom is -0.381 e. The van der Waals surface area contributed by atoms with Gasteiger partial charge in [0, 0.05) is 25.7 Å². The van der Waals surface area contributed by atoms with Gasteiger partial charge in [-0.2, -0.15) is 0 Å². The summed E-state index contributed by atoms with van der Waals surface area (Å²) in [5, 5.41) is 3.40. The number of ether oxygens (including phenoxy) is 1. The third-order valence-corrected chi connectivity index (χ3v) is 3.63. The molecule has 1 fully saturated rings. The predicted molar refractivity (Wildman–Crippen MR) is 68.9 cm³/mol. The molecule has 0 aliphatic carbocycles. The van der Waals surface area contributed by atoms with Crippen molar-refractivity contribution in [1.29, 1.82) is 0 Å². The fourth-order valence-corrected chi connectivity index (χ4v) is 2.36. The van der Waals surface area contributed by atoms with Gasteiger partial charge in [0.1, 0.15) is 0 Å². The summed E-state index contributed by atoms with van der Waals surface area (Å²) < 4.78 is 5.37. The zero-order valence-corrected chi connectivity index (χ0v) is 11.5. The maximum Gasteiger partial charge on any atom is 0.239 e. The van der Waals surface area contributed by atoms with E-state index < -0.39 is 0 Å². The lowest BCUT2D eigenvalue weighted by molar-refractivity contribution is -0.132. The summed E-state index contributed by atoms with van der Waals surface area (Å²) in [6, 6.07) is 0.234. The summed E-state index contributed by atoms with van der Waals surface area (Å²) in [6.45, 7) is 11.4. The number of carbonyl (C=O) groups is 1. The zero-order chi connectivity index (χ0) is 12.8. The molecule has 4 nitrogen and oxygen atoms in total. The van der Waals surface area contributed by atoms with E-state index in [0.717, 1.165) is 32.7 Å². The van der Waals surface area contributed by atoms with Gasteiger partial charge in [-0.1, -0.05) is 0 Å². The van der Waals surface area contributed by atoms with E-state index in [0.29, 0.717) is 12.0 Å². The molecule has 17 heavy (non-hydrogen) atoms. The molecule has 3 atom stereocenters. The first kappa shape index (κ1) is 14.5. The monoisotopic (exact) mass is 242 g/mol. The van der Waals surface area contributed by atoms with Gasteiger partial charge in [0.15, 0.2) is 0 Å². The average Bonchev–Trinajstić information content (AvgIpc) is 2.83. The van der Waals surface area contributed by atoms with Crippen molar-refractivity contribution in [3.8, 4) is 0 Å². The molecular formula is C13H26N2O2. The van der Waals surface area contributed by atoms with E-state index in [1.54, 1.807) is 0 Å². The smallest absolute Gasteiger partial charge is 0.239 e. The summed E-state index contributed by atoms with van der Waals surface area (Å²) in [7, 11) is 0. The van der Waals surface area contributed by atoms with Crippen molar-refractivity contribution in [1.82, 2.24) is 10.2 Å². The van der Waals surface area contributed by atoms with Crippen LogP contribution in [0, 0.1) is 5.92 Å². The van der Waals surface area contributed by atoms with Gasteiger partial charge in [-0.3, -0.25) is 4.79 Å². The second kappa shape index (κ2) is 6.97. The molecule has 0 aromatic heterocycles. The van der Waals surface area contributed by atoms with Crippen molar-refractivity contribution >= 4 is 5.91 Å². The maximum atomic E-state index is 12.1. The van der Waals surface area contributed by atoms with Crippen LogP contribution in [0.5, 0.6) is 0 Å². The van der Waals surface area contributed by atoms with E-state index in [4.69, 9.17) is 4.74 Å². The standard InChI is InChI=1S/C13H26N2O2/c1-5-15(6-2)13(16)11(4)14-10(3)12-7-8-17-9-12/h10-12,14H,5-9H2,1-4H3. The van der Waals surface area contributed by atoms with Gasteiger partial charge >= 0.3 is 0 Å². The number of hydrogen-bond donors (Lipinski definition) is 1. The Hall–Kier alpha value is -0.610. The minimum absolute atomic E-state index is 0.106. The predicted octanol–water partition coefficient (Wildman–Crippen LogP) is 1.26. The number of hydrogen-bond acceptors (Lipinski definition) is 3. The molecule has 4 heteroatoms. The van der Waals surface area contributed by atoms with Crippen molar-refractivity contribution in [3.05, 3.63) is 0 Å². The summed E-state index contributed by atoms with van der Waals surface area (Å²) in [4.78, 5) is 14.0. The number of amides is 1. The van der Waals surface area contributed by atoms with Gasteiger partial charge < -0.3 is 15.0 Å². The highest BCUT2D eigenvalue weighted by Crippen LogP contribution is 2.16. The van der Waals surface area contributed by atoms with Gasteiger partial charge in [-0.05, 0) is 40.0 Å². The van der Waals surface area contributed by atoms with Gasteiger partial charge in [0.2, 0.25) is 5.91 Å². The number of carbonyl (C=O) groups excluding carboxylic acids is 1. The first-order valence-electron chi connectivity index (χ1n) is 6.72. The molecule has 0 saturated carbocycles. The van der Waals surface area contributed by atoms with Gasteiger partial charge in [0.05, 0.1) is 12.6 Å².